The first-order valence-electron chi connectivity index (χ1n) is 13.5. The van der Waals surface area contributed by atoms with Crippen LogP contribution in [-0.2, 0) is 22.5 Å². The maximum Gasteiger partial charge on any atom is 0.251 e. The summed E-state index contributed by atoms with van der Waals surface area (Å²) >= 11 is 0. The second-order valence-electron chi connectivity index (χ2n) is 10.2. The third kappa shape index (κ3) is 5.84. The van der Waals surface area contributed by atoms with Crippen molar-refractivity contribution in [2.75, 3.05) is 40.0 Å². The van der Waals surface area contributed by atoms with Crippen LogP contribution in [0.25, 0.3) is 11.0 Å². The lowest BCUT2D eigenvalue weighted by Crippen LogP contribution is -2.45. The molecule has 9 heteroatoms. The zero-order valence-electron chi connectivity index (χ0n) is 22.0. The van der Waals surface area contributed by atoms with E-state index in [1.54, 1.807) is 13.2 Å². The van der Waals surface area contributed by atoms with Gasteiger partial charge < -0.3 is 30.0 Å². The van der Waals surface area contributed by atoms with Crippen LogP contribution in [0.15, 0.2) is 42.5 Å². The van der Waals surface area contributed by atoms with E-state index < -0.39 is 6.04 Å². The van der Waals surface area contributed by atoms with Crippen molar-refractivity contribution < 1.29 is 19.1 Å². The van der Waals surface area contributed by atoms with Crippen LogP contribution in [0, 0.1) is 0 Å². The van der Waals surface area contributed by atoms with Gasteiger partial charge in [0.05, 0.1) is 17.6 Å². The number of piperidine rings is 1. The average Bonchev–Trinajstić information content (AvgIpc) is 3.56. The van der Waals surface area contributed by atoms with Crippen molar-refractivity contribution in [2.45, 2.75) is 50.6 Å². The third-order valence-electron chi connectivity index (χ3n) is 7.47. The number of carbonyl (C=O) groups excluding carboxylic acids is 2. The molecule has 38 heavy (non-hydrogen) atoms. The molecule has 1 saturated heterocycles. The highest BCUT2D eigenvalue weighted by Crippen LogP contribution is 2.30. The summed E-state index contributed by atoms with van der Waals surface area (Å²) in [6.45, 7) is 3.76. The molecule has 3 heterocycles. The standard InChI is InChI=1S/C29H37N5O4/c1-37-14-5-13-34-25-8-3-2-7-24(25)32-28(34)22-6-4-12-33(19-22)27(35)17-23(30)18-31-29(36)21-9-10-26-20(16-21)11-15-38-26/h2-3,7-10,16,22-23H,4-6,11-15,17-19,30H2,1H3,(H,31,36)/t22-,23+/m1/s1. The van der Waals surface area contributed by atoms with Crippen molar-refractivity contribution in [3.05, 3.63) is 59.4 Å². The number of imidazole rings is 1. The molecule has 0 unspecified atom stereocenters. The van der Waals surface area contributed by atoms with E-state index in [1.165, 1.54) is 0 Å². The average molecular weight is 520 g/mol. The van der Waals surface area contributed by atoms with Crippen LogP contribution in [0.4, 0.5) is 0 Å². The first kappa shape index (κ1) is 26.2. The highest BCUT2D eigenvalue weighted by atomic mass is 16.5. The topological polar surface area (TPSA) is 112 Å². The van der Waals surface area contributed by atoms with Gasteiger partial charge in [-0.25, -0.2) is 4.98 Å². The zero-order valence-corrected chi connectivity index (χ0v) is 22.0. The van der Waals surface area contributed by atoms with Crippen LogP contribution in [0.5, 0.6) is 5.75 Å². The Kier molecular flexibility index (Phi) is 8.24. The van der Waals surface area contributed by atoms with Crippen LogP contribution in [0.1, 0.15) is 53.3 Å². The van der Waals surface area contributed by atoms with Crippen molar-refractivity contribution in [3.8, 4) is 5.75 Å². The first-order chi connectivity index (χ1) is 18.5. The summed E-state index contributed by atoms with van der Waals surface area (Å²) < 4.78 is 13.1. The summed E-state index contributed by atoms with van der Waals surface area (Å²) in [5.74, 6) is 1.88. The number of rotatable bonds is 10. The molecule has 2 aliphatic rings. The monoisotopic (exact) mass is 519 g/mol. The third-order valence-corrected chi connectivity index (χ3v) is 7.47. The minimum Gasteiger partial charge on any atom is -0.493 e. The molecular formula is C29H37N5O4. The number of nitrogens with zero attached hydrogens (tertiary/aromatic N) is 3. The lowest BCUT2D eigenvalue weighted by molar-refractivity contribution is -0.132. The van der Waals surface area contributed by atoms with Crippen LogP contribution >= 0.6 is 0 Å². The predicted molar refractivity (Wildman–Crippen MR) is 145 cm³/mol. The van der Waals surface area contributed by atoms with E-state index in [4.69, 9.17) is 20.2 Å². The molecule has 2 atom stereocenters. The summed E-state index contributed by atoms with van der Waals surface area (Å²) in [6, 6.07) is 13.2. The van der Waals surface area contributed by atoms with Gasteiger partial charge in [-0.15, -0.1) is 0 Å². The molecule has 0 spiro atoms. The number of carbonyl (C=O) groups is 2. The van der Waals surface area contributed by atoms with Crippen molar-refractivity contribution in [3.63, 3.8) is 0 Å². The molecule has 0 radical (unpaired) electrons. The van der Waals surface area contributed by atoms with Crippen LogP contribution in [0.3, 0.4) is 0 Å². The van der Waals surface area contributed by atoms with Crippen molar-refractivity contribution in [1.29, 1.82) is 0 Å². The number of amides is 2. The number of ether oxygens (including phenoxy) is 2. The highest BCUT2D eigenvalue weighted by Gasteiger charge is 2.29. The molecule has 1 aromatic heterocycles. The molecule has 2 aliphatic heterocycles. The van der Waals surface area contributed by atoms with Gasteiger partial charge in [0, 0.05) is 70.3 Å². The number of nitrogens with two attached hydrogens (primary N) is 1. The molecular weight excluding hydrogens is 482 g/mol. The van der Waals surface area contributed by atoms with Crippen molar-refractivity contribution in [2.24, 2.45) is 5.73 Å². The summed E-state index contributed by atoms with van der Waals surface area (Å²) in [5.41, 5.74) is 10.0. The molecule has 0 saturated carbocycles. The van der Waals surface area contributed by atoms with E-state index in [2.05, 4.69) is 16.0 Å². The predicted octanol–water partition coefficient (Wildman–Crippen LogP) is 2.86. The Hall–Kier alpha value is -3.43. The fourth-order valence-electron chi connectivity index (χ4n) is 5.50. The van der Waals surface area contributed by atoms with Gasteiger partial charge in [0.15, 0.2) is 0 Å². The number of para-hydroxylation sites is 2. The number of hydrogen-bond acceptors (Lipinski definition) is 6. The van der Waals surface area contributed by atoms with Gasteiger partial charge in [-0.05, 0) is 55.2 Å². The van der Waals surface area contributed by atoms with Gasteiger partial charge >= 0.3 is 0 Å². The normalized spacial score (nSPS) is 17.7. The molecule has 3 aromatic rings. The van der Waals surface area contributed by atoms with Gasteiger partial charge in [-0.2, -0.15) is 0 Å². The molecule has 1 fully saturated rings. The maximum absolute atomic E-state index is 13.2. The van der Waals surface area contributed by atoms with Gasteiger partial charge in [-0.1, -0.05) is 12.1 Å². The second-order valence-corrected chi connectivity index (χ2v) is 10.2. The van der Waals surface area contributed by atoms with Gasteiger partial charge in [0.25, 0.3) is 5.91 Å². The van der Waals surface area contributed by atoms with Gasteiger partial charge in [0.2, 0.25) is 5.91 Å². The smallest absolute Gasteiger partial charge is 0.251 e. The van der Waals surface area contributed by atoms with Gasteiger partial charge in [-0.3, -0.25) is 9.59 Å². The number of nitrogens with one attached hydrogen (secondary N) is 1. The molecule has 3 N–H and O–H groups in total. The molecule has 2 aromatic carbocycles. The number of aryl methyl sites for hydroxylation is 1. The summed E-state index contributed by atoms with van der Waals surface area (Å²) in [7, 11) is 1.72. The maximum atomic E-state index is 13.2. The van der Waals surface area contributed by atoms with E-state index in [0.717, 1.165) is 66.9 Å². The molecule has 0 aliphatic carbocycles. The Labute approximate surface area is 223 Å². The van der Waals surface area contributed by atoms with E-state index in [1.807, 2.05) is 35.2 Å². The van der Waals surface area contributed by atoms with E-state index >= 15 is 0 Å². The van der Waals surface area contributed by atoms with Crippen molar-refractivity contribution in [1.82, 2.24) is 19.8 Å². The van der Waals surface area contributed by atoms with Crippen LogP contribution in [-0.4, -0.2) is 72.3 Å². The summed E-state index contributed by atoms with van der Waals surface area (Å²) in [6.07, 6.45) is 3.82. The molecule has 0 bridgehead atoms. The molecule has 202 valence electrons. The molecule has 5 rings (SSSR count). The number of likely N-dealkylation sites (tertiary alicyclic amines) is 1. The SMILES string of the molecule is COCCCn1c([C@@H]2CCCN(C(=O)C[C@H](N)CNC(=O)c3ccc4c(c3)CCO4)C2)nc2ccccc21. The summed E-state index contributed by atoms with van der Waals surface area (Å²) in [4.78, 5) is 32.7. The lowest BCUT2D eigenvalue weighted by atomic mass is 9.96. The van der Waals surface area contributed by atoms with Crippen LogP contribution < -0.4 is 15.8 Å². The van der Waals surface area contributed by atoms with Gasteiger partial charge in [0.1, 0.15) is 11.6 Å². The largest absolute Gasteiger partial charge is 0.493 e. The number of benzene rings is 2. The minimum absolute atomic E-state index is 0.0215. The molecule has 2 amide bonds. The van der Waals surface area contributed by atoms with Crippen molar-refractivity contribution >= 4 is 22.8 Å². The number of fused-ring (bicyclic) bond motifs is 2. The number of hydrogen-bond donors (Lipinski definition) is 2. The van der Waals surface area contributed by atoms with E-state index in [0.29, 0.717) is 25.3 Å². The Morgan fingerprint density at radius 2 is 2.13 bits per heavy atom. The molecule has 9 nitrogen and oxygen atoms in total. The van der Waals surface area contributed by atoms with Crippen LogP contribution in [0.2, 0.25) is 0 Å². The fraction of sp³-hybridized carbons (Fsp3) is 0.483. The first-order valence-corrected chi connectivity index (χ1v) is 13.5. The number of aromatic nitrogens is 2. The Balaban J connectivity index is 1.18. The lowest BCUT2D eigenvalue weighted by Gasteiger charge is -2.33. The number of methoxy groups -OCH3 is 1. The summed E-state index contributed by atoms with van der Waals surface area (Å²) in [5, 5.41) is 2.88. The zero-order chi connectivity index (χ0) is 26.5. The quantitative estimate of drug-likeness (QED) is 0.399. The second kappa shape index (κ2) is 12.0. The Bertz CT molecular complexity index is 1290. The Morgan fingerprint density at radius 3 is 3.00 bits per heavy atom. The highest BCUT2D eigenvalue weighted by molar-refractivity contribution is 5.94. The minimum atomic E-state index is -0.455. The van der Waals surface area contributed by atoms with E-state index in [9.17, 15) is 9.59 Å². The Morgan fingerprint density at radius 1 is 1.26 bits per heavy atom. The van der Waals surface area contributed by atoms with E-state index in [-0.39, 0.29) is 30.7 Å². The fourth-order valence-corrected chi connectivity index (χ4v) is 5.50.